The summed E-state index contributed by atoms with van der Waals surface area (Å²) in [7, 11) is 2.11. The van der Waals surface area contributed by atoms with E-state index in [1.165, 1.54) is 58.3 Å². The van der Waals surface area contributed by atoms with E-state index in [9.17, 15) is 0 Å². The lowest BCUT2D eigenvalue weighted by Crippen LogP contribution is -2.53. The molecule has 0 amide bonds. The van der Waals surface area contributed by atoms with E-state index in [-0.39, 0.29) is 0 Å². The van der Waals surface area contributed by atoms with Crippen molar-refractivity contribution in [1.29, 1.82) is 0 Å². The predicted octanol–water partition coefficient (Wildman–Crippen LogP) is 0.907. The minimum atomic E-state index is 0.784. The second-order valence-corrected chi connectivity index (χ2v) is 5.78. The molecule has 0 aromatic carbocycles. The molecule has 3 unspecified atom stereocenters. The summed E-state index contributed by atoms with van der Waals surface area (Å²) in [6, 6.07) is 2.55. The molecule has 16 heavy (non-hydrogen) atoms. The van der Waals surface area contributed by atoms with E-state index in [1.807, 2.05) is 0 Å². The Hall–Kier alpha value is -0.120. The van der Waals surface area contributed by atoms with Gasteiger partial charge in [0.15, 0.2) is 0 Å². The van der Waals surface area contributed by atoms with Gasteiger partial charge >= 0.3 is 0 Å². The highest BCUT2D eigenvalue weighted by Gasteiger charge is 2.35. The van der Waals surface area contributed by atoms with E-state index < -0.39 is 0 Å². The number of fused-ring (bicyclic) bond motifs is 1. The van der Waals surface area contributed by atoms with E-state index in [0.717, 1.165) is 18.1 Å². The molecule has 2 heterocycles. The van der Waals surface area contributed by atoms with Crippen molar-refractivity contribution in [3.63, 3.8) is 0 Å². The standard InChI is InChI=1S/C13H25N3/c1-14-11-4-5-12(9-11)16-8-7-15-6-2-3-13(15)10-16/h11-14H,2-10H2,1H3. The van der Waals surface area contributed by atoms with Gasteiger partial charge in [-0.1, -0.05) is 0 Å². The van der Waals surface area contributed by atoms with Gasteiger partial charge in [0.25, 0.3) is 0 Å². The molecule has 1 N–H and O–H groups in total. The first-order chi connectivity index (χ1) is 7.86. The Balaban J connectivity index is 1.56. The molecule has 1 saturated carbocycles. The molecular weight excluding hydrogens is 198 g/mol. The third-order valence-electron chi connectivity index (χ3n) is 4.95. The van der Waals surface area contributed by atoms with E-state index in [2.05, 4.69) is 22.2 Å². The van der Waals surface area contributed by atoms with Gasteiger partial charge < -0.3 is 5.32 Å². The van der Waals surface area contributed by atoms with Crippen LogP contribution in [0.3, 0.4) is 0 Å². The maximum Gasteiger partial charge on any atom is 0.0224 e. The number of nitrogens with zero attached hydrogens (tertiary/aromatic N) is 2. The van der Waals surface area contributed by atoms with E-state index >= 15 is 0 Å². The summed E-state index contributed by atoms with van der Waals surface area (Å²) in [5, 5.41) is 3.44. The number of hydrogen-bond donors (Lipinski definition) is 1. The topological polar surface area (TPSA) is 18.5 Å². The van der Waals surface area contributed by atoms with Crippen LogP contribution in [-0.2, 0) is 0 Å². The fourth-order valence-electron chi connectivity index (χ4n) is 3.90. The van der Waals surface area contributed by atoms with Crippen molar-refractivity contribution in [2.75, 3.05) is 33.2 Å². The van der Waals surface area contributed by atoms with Crippen molar-refractivity contribution in [3.05, 3.63) is 0 Å². The van der Waals surface area contributed by atoms with Crippen molar-refractivity contribution >= 4 is 0 Å². The zero-order chi connectivity index (χ0) is 11.0. The van der Waals surface area contributed by atoms with Crippen LogP contribution in [-0.4, -0.2) is 61.2 Å². The number of piperazine rings is 1. The Morgan fingerprint density at radius 1 is 0.938 bits per heavy atom. The molecule has 3 aliphatic rings. The van der Waals surface area contributed by atoms with Gasteiger partial charge in [0.1, 0.15) is 0 Å². The van der Waals surface area contributed by atoms with Gasteiger partial charge in [-0.15, -0.1) is 0 Å². The first-order valence-corrected chi connectivity index (χ1v) is 7.02. The molecule has 0 bridgehead atoms. The van der Waals surface area contributed by atoms with E-state index in [1.54, 1.807) is 0 Å². The monoisotopic (exact) mass is 223 g/mol. The van der Waals surface area contributed by atoms with Crippen LogP contribution in [0.4, 0.5) is 0 Å². The summed E-state index contributed by atoms with van der Waals surface area (Å²) < 4.78 is 0. The molecule has 2 aliphatic heterocycles. The quantitative estimate of drug-likeness (QED) is 0.750. The van der Waals surface area contributed by atoms with Crippen molar-refractivity contribution < 1.29 is 0 Å². The molecule has 3 rings (SSSR count). The van der Waals surface area contributed by atoms with Crippen LogP contribution in [0.15, 0.2) is 0 Å². The fraction of sp³-hybridized carbons (Fsp3) is 1.00. The summed E-state index contributed by atoms with van der Waals surface area (Å²) in [6.45, 7) is 5.35. The molecule has 3 nitrogen and oxygen atoms in total. The second-order valence-electron chi connectivity index (χ2n) is 5.78. The van der Waals surface area contributed by atoms with Gasteiger partial charge in [-0.05, 0) is 45.7 Å². The smallest absolute Gasteiger partial charge is 0.0224 e. The lowest BCUT2D eigenvalue weighted by molar-refractivity contribution is 0.0727. The molecule has 0 aromatic heterocycles. The summed E-state index contributed by atoms with van der Waals surface area (Å²) in [5.74, 6) is 0. The summed E-state index contributed by atoms with van der Waals surface area (Å²) in [6.07, 6.45) is 7.05. The summed E-state index contributed by atoms with van der Waals surface area (Å²) in [4.78, 5) is 5.49. The Morgan fingerprint density at radius 3 is 2.62 bits per heavy atom. The van der Waals surface area contributed by atoms with Gasteiger partial charge in [0, 0.05) is 37.8 Å². The molecule has 0 spiro atoms. The summed E-state index contributed by atoms with van der Waals surface area (Å²) in [5.41, 5.74) is 0. The fourth-order valence-corrected chi connectivity index (χ4v) is 3.90. The van der Waals surface area contributed by atoms with Crippen LogP contribution in [0, 0.1) is 0 Å². The van der Waals surface area contributed by atoms with E-state index in [4.69, 9.17) is 0 Å². The predicted molar refractivity (Wildman–Crippen MR) is 66.7 cm³/mol. The lowest BCUT2D eigenvalue weighted by atomic mass is 10.1. The van der Waals surface area contributed by atoms with Crippen molar-refractivity contribution in [1.82, 2.24) is 15.1 Å². The molecular formula is C13H25N3. The van der Waals surface area contributed by atoms with E-state index in [0.29, 0.717) is 0 Å². The number of nitrogens with one attached hydrogen (secondary N) is 1. The van der Waals surface area contributed by atoms with Crippen LogP contribution >= 0.6 is 0 Å². The highest BCUT2D eigenvalue weighted by Crippen LogP contribution is 2.28. The van der Waals surface area contributed by atoms with Crippen LogP contribution in [0.25, 0.3) is 0 Å². The Morgan fingerprint density at radius 2 is 1.81 bits per heavy atom. The van der Waals surface area contributed by atoms with Crippen LogP contribution < -0.4 is 5.32 Å². The zero-order valence-corrected chi connectivity index (χ0v) is 10.5. The van der Waals surface area contributed by atoms with Crippen LogP contribution in [0.1, 0.15) is 32.1 Å². The SMILES string of the molecule is CNC1CCC(N2CCN3CCCC3C2)C1. The van der Waals surface area contributed by atoms with Crippen LogP contribution in [0.2, 0.25) is 0 Å². The van der Waals surface area contributed by atoms with Crippen molar-refractivity contribution in [3.8, 4) is 0 Å². The van der Waals surface area contributed by atoms with Crippen LogP contribution in [0.5, 0.6) is 0 Å². The highest BCUT2D eigenvalue weighted by atomic mass is 15.3. The molecule has 3 fully saturated rings. The highest BCUT2D eigenvalue weighted by molar-refractivity contribution is 4.93. The Bertz CT molecular complexity index is 243. The normalized spacial score (nSPS) is 41.4. The molecule has 3 heteroatoms. The van der Waals surface area contributed by atoms with Gasteiger partial charge in [-0.25, -0.2) is 0 Å². The molecule has 3 atom stereocenters. The Kier molecular flexibility index (Phi) is 3.18. The molecule has 0 radical (unpaired) electrons. The van der Waals surface area contributed by atoms with Crippen molar-refractivity contribution in [2.45, 2.75) is 50.2 Å². The number of rotatable bonds is 2. The van der Waals surface area contributed by atoms with Crippen molar-refractivity contribution in [2.24, 2.45) is 0 Å². The zero-order valence-electron chi connectivity index (χ0n) is 10.5. The first-order valence-electron chi connectivity index (χ1n) is 7.02. The Labute approximate surface area is 99.2 Å². The van der Waals surface area contributed by atoms with Gasteiger partial charge in [-0.2, -0.15) is 0 Å². The van der Waals surface area contributed by atoms with Gasteiger partial charge in [0.05, 0.1) is 0 Å². The largest absolute Gasteiger partial charge is 0.317 e. The lowest BCUT2D eigenvalue weighted by Gasteiger charge is -2.40. The summed E-state index contributed by atoms with van der Waals surface area (Å²) >= 11 is 0. The van der Waals surface area contributed by atoms with Gasteiger partial charge in [-0.3, -0.25) is 9.80 Å². The van der Waals surface area contributed by atoms with Gasteiger partial charge in [0.2, 0.25) is 0 Å². The molecule has 0 aromatic rings. The number of hydrogen-bond acceptors (Lipinski definition) is 3. The maximum absolute atomic E-state index is 3.44. The minimum absolute atomic E-state index is 0.784. The minimum Gasteiger partial charge on any atom is -0.317 e. The molecule has 92 valence electrons. The third-order valence-corrected chi connectivity index (χ3v) is 4.95. The average Bonchev–Trinajstić information content (AvgIpc) is 2.96. The molecule has 2 saturated heterocycles. The second kappa shape index (κ2) is 4.63. The first kappa shape index (κ1) is 11.0. The molecule has 1 aliphatic carbocycles. The average molecular weight is 223 g/mol. The third kappa shape index (κ3) is 2.01. The maximum atomic E-state index is 3.44.